The first-order valence-electron chi connectivity index (χ1n) is 11.6. The number of halogens is 3. The van der Waals surface area contributed by atoms with Crippen molar-refractivity contribution in [1.29, 1.82) is 0 Å². The molecule has 0 saturated heterocycles. The van der Waals surface area contributed by atoms with Crippen molar-refractivity contribution in [2.24, 2.45) is 22.4 Å². The van der Waals surface area contributed by atoms with Crippen LogP contribution in [0.15, 0.2) is 28.8 Å². The van der Waals surface area contributed by atoms with Crippen LogP contribution in [-0.4, -0.2) is 65.0 Å². The average molecular weight is 730 g/mol. The third-order valence-corrected chi connectivity index (χ3v) is 6.49. The molecule has 1 aliphatic rings. The number of primary amides is 1. The Bertz CT molecular complexity index is 1410. The van der Waals surface area contributed by atoms with Crippen molar-refractivity contribution in [3.63, 3.8) is 0 Å². The number of hydrazone groups is 1. The van der Waals surface area contributed by atoms with Crippen LogP contribution in [0.3, 0.4) is 0 Å². The summed E-state index contributed by atoms with van der Waals surface area (Å²) >= 11 is 1.39. The normalized spacial score (nSPS) is 11.9. The van der Waals surface area contributed by atoms with Crippen LogP contribution in [0.25, 0.3) is 21.8 Å². The average Bonchev–Trinajstić information content (AvgIpc) is 3.54. The van der Waals surface area contributed by atoms with Gasteiger partial charge >= 0.3 is 75.1 Å². The fraction of sp³-hybridized carbons (Fsp3) is 0.320. The monoisotopic (exact) mass is 729 g/mol. The van der Waals surface area contributed by atoms with Crippen molar-refractivity contribution in [1.82, 2.24) is 19.9 Å². The fourth-order valence-electron chi connectivity index (χ4n) is 4.15. The molecule has 2 aromatic heterocycles. The van der Waals surface area contributed by atoms with E-state index in [1.165, 1.54) is 11.3 Å². The van der Waals surface area contributed by atoms with Gasteiger partial charge in [-0.2, -0.15) is 20.1 Å². The van der Waals surface area contributed by atoms with Gasteiger partial charge in [-0.3, -0.25) is 15.5 Å². The molecule has 3 heterocycles. The number of esters is 1. The van der Waals surface area contributed by atoms with Gasteiger partial charge in [0.15, 0.2) is 11.8 Å². The Balaban J connectivity index is 0.000000585. The quantitative estimate of drug-likeness (QED) is 0.0751. The van der Waals surface area contributed by atoms with Crippen LogP contribution in [-0.2, 0) is 22.5 Å². The molecule has 4 rings (SSSR count). The summed E-state index contributed by atoms with van der Waals surface area (Å²) in [7, 11) is 4.20. The Hall–Kier alpha value is -2.26. The van der Waals surface area contributed by atoms with Gasteiger partial charge in [0.25, 0.3) is 5.91 Å². The van der Waals surface area contributed by atoms with Gasteiger partial charge in [-0.15, -0.1) is 15.3 Å². The number of fused-ring (bicyclic) bond motifs is 3. The molecule has 0 radical (unpaired) electrons. The molecule has 6 N–H and O–H groups in total. The van der Waals surface area contributed by atoms with Gasteiger partial charge in [0.1, 0.15) is 22.0 Å². The molecule has 0 saturated carbocycles. The summed E-state index contributed by atoms with van der Waals surface area (Å²) in [5.74, 6) is 4.68. The number of carbonyl (C=O) groups excluding carboxylic acids is 2. The van der Waals surface area contributed by atoms with Crippen LogP contribution in [0, 0.1) is 13.3 Å². The van der Waals surface area contributed by atoms with E-state index >= 15 is 0 Å². The summed E-state index contributed by atoms with van der Waals surface area (Å²) < 4.78 is 46.2. The van der Waals surface area contributed by atoms with Gasteiger partial charge in [0, 0.05) is 24.7 Å². The van der Waals surface area contributed by atoms with Crippen LogP contribution < -0.4 is 90.9 Å². The summed E-state index contributed by atoms with van der Waals surface area (Å²) in [6, 6.07) is 5.60. The minimum Gasteiger partial charge on any atom is -0.496 e. The Labute approximate surface area is 304 Å². The van der Waals surface area contributed by atoms with Crippen molar-refractivity contribution in [2.45, 2.75) is 32.5 Å². The van der Waals surface area contributed by atoms with E-state index in [1.54, 1.807) is 25.7 Å². The third kappa shape index (κ3) is 9.12. The van der Waals surface area contributed by atoms with E-state index in [4.69, 9.17) is 22.0 Å². The largest absolute Gasteiger partial charge is 1.00 e. The molecule has 224 valence electrons. The number of nitrogens with zero attached hydrogens (tertiary/aromatic N) is 5. The molecule has 1 aliphatic heterocycles. The topological polar surface area (TPSA) is 177 Å². The van der Waals surface area contributed by atoms with Crippen LogP contribution in [0.4, 0.5) is 13.2 Å². The fourth-order valence-corrected chi connectivity index (χ4v) is 4.72. The molecular weight excluding hydrogens is 698 g/mol. The van der Waals surface area contributed by atoms with Gasteiger partial charge < -0.3 is 32.9 Å². The van der Waals surface area contributed by atoms with Crippen LogP contribution in [0.1, 0.15) is 35.0 Å². The van der Waals surface area contributed by atoms with Crippen LogP contribution in [0.5, 0.6) is 5.75 Å². The molecule has 17 heteroatoms. The second-order valence-corrected chi connectivity index (χ2v) is 9.47. The number of aromatic nitrogens is 3. The summed E-state index contributed by atoms with van der Waals surface area (Å²) in [4.78, 5) is 22.5. The number of amidine groups is 1. The number of rotatable bonds is 7. The van der Waals surface area contributed by atoms with E-state index in [2.05, 4.69) is 20.0 Å². The van der Waals surface area contributed by atoms with E-state index in [0.717, 1.165) is 41.5 Å². The van der Waals surface area contributed by atoms with E-state index in [0.29, 0.717) is 35.0 Å². The van der Waals surface area contributed by atoms with Crippen LogP contribution >= 0.6 is 11.3 Å². The predicted octanol–water partition coefficient (Wildman–Crippen LogP) is -0.0765. The maximum atomic E-state index is 12.1. The van der Waals surface area contributed by atoms with Gasteiger partial charge in [-0.25, -0.2) is 11.0 Å². The summed E-state index contributed by atoms with van der Waals surface area (Å²) in [6.07, 6.45) is -4.84. The molecule has 3 aromatic rings. The number of alkyl halides is 3. The zero-order chi connectivity index (χ0) is 29.8. The molecule has 42 heavy (non-hydrogen) atoms. The zero-order valence-electron chi connectivity index (χ0n) is 24.1. The zero-order valence-corrected chi connectivity index (χ0v) is 31.2. The van der Waals surface area contributed by atoms with Crippen molar-refractivity contribution in [3.05, 3.63) is 53.9 Å². The number of nitrogens with two attached hydrogens (primary N) is 3. The first kappa shape index (κ1) is 37.8. The standard InChI is InChI=1S/C18H20N8O2S.C6H8F3O2.CH3.Cs/c1-25(21)24-16(19)11-6-10-9(5-14(11)28-2)3-4-26-13(17(20)27)7-12(15(10)26)18-23-22-8-29-18;1-4(5(10)11-2)3-6(7,8)9;;/h5-8H,3-4,21H2,1-2H3,(H2,19,24)(H2,20,27);3H2,1-2H3;1H3;/q;2*-1;+1. The number of ether oxygens (including phenoxy) is 2. The number of carbonyl (C=O) groups is 2. The number of aryl methyl sites for hydroxylation is 1. The first-order chi connectivity index (χ1) is 18.8. The molecule has 0 fully saturated rings. The van der Waals surface area contributed by atoms with E-state index in [9.17, 15) is 22.8 Å². The summed E-state index contributed by atoms with van der Waals surface area (Å²) in [5, 5.41) is 14.0. The van der Waals surface area contributed by atoms with Gasteiger partial charge in [0.05, 0.1) is 25.5 Å². The van der Waals surface area contributed by atoms with E-state index in [1.807, 2.05) is 16.7 Å². The Morgan fingerprint density at radius 1 is 1.21 bits per heavy atom. The van der Waals surface area contributed by atoms with E-state index < -0.39 is 24.5 Å². The number of amides is 1. The number of benzene rings is 1. The Morgan fingerprint density at radius 2 is 1.88 bits per heavy atom. The minimum atomic E-state index is -4.34. The molecule has 1 aromatic carbocycles. The second kappa shape index (κ2) is 16.0. The predicted molar refractivity (Wildman–Crippen MR) is 148 cm³/mol. The molecule has 0 bridgehead atoms. The molecule has 0 atom stereocenters. The molecule has 12 nitrogen and oxygen atoms in total. The second-order valence-electron chi connectivity index (χ2n) is 8.63. The van der Waals surface area contributed by atoms with Crippen LogP contribution in [0.2, 0.25) is 0 Å². The molecule has 0 unspecified atom stereocenters. The number of hydrazine groups is 1. The molecule has 0 spiro atoms. The summed E-state index contributed by atoms with van der Waals surface area (Å²) in [5.41, 5.74) is 18.1. The maximum Gasteiger partial charge on any atom is 1.00 e. The number of methoxy groups -OCH3 is 2. The number of hydrogen-bond acceptors (Lipinski definition) is 10. The Kier molecular flexibility index (Phi) is 14.4. The van der Waals surface area contributed by atoms with Gasteiger partial charge in [-0.05, 0) is 30.2 Å². The smallest absolute Gasteiger partial charge is 0.496 e. The number of hydrogen-bond donors (Lipinski definition) is 3. The molecular formula is C25H31CsF3N8O4S-. The van der Waals surface area contributed by atoms with Crippen molar-refractivity contribution in [3.8, 4) is 27.6 Å². The minimum absolute atomic E-state index is 0. The molecule has 0 aliphatic carbocycles. The van der Waals surface area contributed by atoms with E-state index in [-0.39, 0.29) is 88.1 Å². The van der Waals surface area contributed by atoms with Crippen molar-refractivity contribution in [2.75, 3.05) is 21.3 Å². The Morgan fingerprint density at radius 3 is 2.38 bits per heavy atom. The molecule has 1 amide bonds. The first-order valence-corrected chi connectivity index (χ1v) is 12.5. The van der Waals surface area contributed by atoms with Crippen molar-refractivity contribution < 1.29 is 101 Å². The SMILES string of the molecule is COC(=O)[C-](C)CC(F)(F)F.COc1cc2c(cc1/C(N)=N/N(C)N)-c1c(-c3nncs3)cc(C(N)=O)n1CC2.[CH3-].[Cs+]. The van der Waals surface area contributed by atoms with Gasteiger partial charge in [0.2, 0.25) is 0 Å². The van der Waals surface area contributed by atoms with Crippen molar-refractivity contribution >= 4 is 29.0 Å². The summed E-state index contributed by atoms with van der Waals surface area (Å²) in [6.45, 7) is 1.70. The van der Waals surface area contributed by atoms with Gasteiger partial charge in [-0.1, -0.05) is 17.8 Å². The third-order valence-electron chi connectivity index (χ3n) is 5.77. The maximum absolute atomic E-state index is 12.1.